The Kier molecular flexibility index (Phi) is 5.52. The van der Waals surface area contributed by atoms with Gasteiger partial charge in [-0.05, 0) is 77.0 Å². The number of rotatable bonds is 4. The molecule has 0 aliphatic carbocycles. The highest BCUT2D eigenvalue weighted by atomic mass is 35.5. The van der Waals surface area contributed by atoms with Crippen molar-refractivity contribution in [1.29, 1.82) is 0 Å². The summed E-state index contributed by atoms with van der Waals surface area (Å²) < 4.78 is 5.37. The molecule has 0 saturated carbocycles. The van der Waals surface area contributed by atoms with Crippen molar-refractivity contribution in [3.05, 3.63) is 44.8 Å². The summed E-state index contributed by atoms with van der Waals surface area (Å²) in [6.07, 6.45) is 2.32. The molecule has 3 rings (SSSR count). The Labute approximate surface area is 154 Å². The van der Waals surface area contributed by atoms with Gasteiger partial charge in [0.15, 0.2) is 0 Å². The number of hydrogen-bond donors (Lipinski definition) is 0. The summed E-state index contributed by atoms with van der Waals surface area (Å²) in [7, 11) is 2.14. The second-order valence-corrected chi connectivity index (χ2v) is 7.87. The minimum absolute atomic E-state index is 0.299. The summed E-state index contributed by atoms with van der Waals surface area (Å²) in [6.45, 7) is 9.43. The van der Waals surface area contributed by atoms with Gasteiger partial charge in [0.25, 0.3) is 0 Å². The lowest BCUT2D eigenvalue weighted by Crippen LogP contribution is -2.45. The van der Waals surface area contributed by atoms with Crippen LogP contribution in [0.4, 0.5) is 0 Å². The minimum atomic E-state index is -0.299. The van der Waals surface area contributed by atoms with E-state index < -0.39 is 0 Å². The molecule has 0 unspecified atom stereocenters. The van der Waals surface area contributed by atoms with Gasteiger partial charge in [-0.25, -0.2) is 4.79 Å². The molecule has 25 heavy (non-hydrogen) atoms. The summed E-state index contributed by atoms with van der Waals surface area (Å²) in [5, 5.41) is 1.64. The maximum Gasteiger partial charge on any atom is 0.336 e. The second-order valence-electron chi connectivity index (χ2n) is 7.46. The monoisotopic (exact) mass is 362 g/mol. The number of hydrogen-bond acceptors (Lipinski definition) is 4. The van der Waals surface area contributed by atoms with Gasteiger partial charge in [0.1, 0.15) is 5.58 Å². The van der Waals surface area contributed by atoms with Crippen molar-refractivity contribution in [3.63, 3.8) is 0 Å². The number of piperidine rings is 1. The van der Waals surface area contributed by atoms with Crippen molar-refractivity contribution in [2.45, 2.75) is 52.2 Å². The zero-order valence-electron chi connectivity index (χ0n) is 15.5. The Bertz CT molecular complexity index is 807. The van der Waals surface area contributed by atoms with Gasteiger partial charge in [-0.1, -0.05) is 11.6 Å². The summed E-state index contributed by atoms with van der Waals surface area (Å²) in [5.74, 6) is 0. The Morgan fingerprint density at radius 2 is 1.96 bits per heavy atom. The van der Waals surface area contributed by atoms with Gasteiger partial charge in [0.2, 0.25) is 0 Å². The first-order valence-corrected chi connectivity index (χ1v) is 9.40. The van der Waals surface area contributed by atoms with Crippen LogP contribution in [-0.4, -0.2) is 42.0 Å². The summed E-state index contributed by atoms with van der Waals surface area (Å²) in [6, 6.07) is 6.52. The van der Waals surface area contributed by atoms with E-state index in [-0.39, 0.29) is 5.63 Å². The van der Waals surface area contributed by atoms with E-state index in [1.165, 1.54) is 0 Å². The van der Waals surface area contributed by atoms with Crippen LogP contribution in [0.15, 0.2) is 27.4 Å². The first-order valence-electron chi connectivity index (χ1n) is 9.02. The fraction of sp³-hybridized carbons (Fsp3) is 0.550. The average molecular weight is 363 g/mol. The van der Waals surface area contributed by atoms with Crippen LogP contribution in [0.5, 0.6) is 0 Å². The molecule has 4 nitrogen and oxygen atoms in total. The normalized spacial score (nSPS) is 17.1. The van der Waals surface area contributed by atoms with Crippen LogP contribution in [0, 0.1) is 6.92 Å². The molecule has 2 heterocycles. The van der Waals surface area contributed by atoms with Gasteiger partial charge >= 0.3 is 5.63 Å². The molecule has 1 aromatic heterocycles. The number of likely N-dealkylation sites (tertiary alicyclic amines) is 1. The molecule has 1 fully saturated rings. The molecular formula is C20H27ClN2O2. The molecule has 136 valence electrons. The van der Waals surface area contributed by atoms with Gasteiger partial charge in [-0.2, -0.15) is 0 Å². The van der Waals surface area contributed by atoms with Crippen LogP contribution >= 0.6 is 11.6 Å². The molecule has 1 aromatic carbocycles. The van der Waals surface area contributed by atoms with E-state index >= 15 is 0 Å². The Morgan fingerprint density at radius 3 is 2.60 bits per heavy atom. The molecule has 1 aliphatic heterocycles. The van der Waals surface area contributed by atoms with Crippen molar-refractivity contribution in [1.82, 2.24) is 9.80 Å². The van der Waals surface area contributed by atoms with Gasteiger partial charge in [0, 0.05) is 35.1 Å². The highest BCUT2D eigenvalue weighted by molar-refractivity contribution is 6.32. The molecule has 0 atom stereocenters. The van der Waals surface area contributed by atoms with Crippen molar-refractivity contribution < 1.29 is 4.42 Å². The van der Waals surface area contributed by atoms with E-state index in [1.807, 2.05) is 19.1 Å². The van der Waals surface area contributed by atoms with Crippen LogP contribution in [0.1, 0.15) is 37.8 Å². The largest absolute Gasteiger partial charge is 0.423 e. The number of halogens is 1. The molecule has 2 aromatic rings. The van der Waals surface area contributed by atoms with Crippen molar-refractivity contribution in [2.24, 2.45) is 0 Å². The number of aryl methyl sites for hydroxylation is 1. The van der Waals surface area contributed by atoms with Gasteiger partial charge in [-0.3, -0.25) is 4.90 Å². The van der Waals surface area contributed by atoms with E-state index in [4.69, 9.17) is 16.0 Å². The molecule has 5 heteroatoms. The number of nitrogens with zero attached hydrogens (tertiary/aromatic N) is 2. The third-order valence-corrected chi connectivity index (χ3v) is 5.79. The Morgan fingerprint density at radius 1 is 1.28 bits per heavy atom. The van der Waals surface area contributed by atoms with Crippen molar-refractivity contribution in [3.8, 4) is 0 Å². The Hall–Kier alpha value is -1.36. The lowest BCUT2D eigenvalue weighted by molar-refractivity contribution is 0.104. The second kappa shape index (κ2) is 7.48. The van der Waals surface area contributed by atoms with E-state index in [0.29, 0.717) is 22.7 Å². The first kappa shape index (κ1) is 18.4. The van der Waals surface area contributed by atoms with E-state index in [2.05, 4.69) is 30.7 Å². The third kappa shape index (κ3) is 4.08. The van der Waals surface area contributed by atoms with Gasteiger partial charge in [0.05, 0.1) is 0 Å². The van der Waals surface area contributed by atoms with Crippen LogP contribution in [0.3, 0.4) is 0 Å². The molecule has 0 spiro atoms. The predicted molar refractivity (Wildman–Crippen MR) is 103 cm³/mol. The molecule has 0 amide bonds. The highest BCUT2D eigenvalue weighted by Gasteiger charge is 2.24. The zero-order chi connectivity index (χ0) is 18.1. The SMILES string of the molecule is Cc1cc2oc(=O)cc(CN(C)C3CCN(C(C)C)CC3)c2cc1Cl. The molecule has 0 N–H and O–H groups in total. The van der Waals surface area contributed by atoms with Crippen LogP contribution in [-0.2, 0) is 6.54 Å². The maximum absolute atomic E-state index is 12.0. The Balaban J connectivity index is 1.81. The minimum Gasteiger partial charge on any atom is -0.423 e. The van der Waals surface area contributed by atoms with Crippen molar-refractivity contribution in [2.75, 3.05) is 20.1 Å². The first-order chi connectivity index (χ1) is 11.8. The quantitative estimate of drug-likeness (QED) is 0.768. The van der Waals surface area contributed by atoms with Crippen LogP contribution in [0.2, 0.25) is 5.02 Å². The van der Waals surface area contributed by atoms with Gasteiger partial charge < -0.3 is 9.32 Å². The zero-order valence-corrected chi connectivity index (χ0v) is 16.3. The molecule has 0 bridgehead atoms. The summed E-state index contributed by atoms with van der Waals surface area (Å²) >= 11 is 6.29. The molecule has 1 saturated heterocycles. The lowest BCUT2D eigenvalue weighted by atomic mass is 10.0. The lowest BCUT2D eigenvalue weighted by Gasteiger charge is -2.38. The van der Waals surface area contributed by atoms with Crippen LogP contribution < -0.4 is 5.63 Å². The highest BCUT2D eigenvalue weighted by Crippen LogP contribution is 2.27. The molecular weight excluding hydrogens is 336 g/mol. The van der Waals surface area contributed by atoms with Gasteiger partial charge in [-0.15, -0.1) is 0 Å². The predicted octanol–water partition coefficient (Wildman–Crippen LogP) is 4.06. The smallest absolute Gasteiger partial charge is 0.336 e. The summed E-state index contributed by atoms with van der Waals surface area (Å²) in [5.41, 5.74) is 2.23. The van der Waals surface area contributed by atoms with Crippen LogP contribution in [0.25, 0.3) is 11.0 Å². The maximum atomic E-state index is 12.0. The molecule has 1 aliphatic rings. The number of fused-ring (bicyclic) bond motifs is 1. The summed E-state index contributed by atoms with van der Waals surface area (Å²) in [4.78, 5) is 16.8. The fourth-order valence-corrected chi connectivity index (χ4v) is 3.88. The molecule has 0 radical (unpaired) electrons. The fourth-order valence-electron chi connectivity index (χ4n) is 3.72. The third-order valence-electron chi connectivity index (χ3n) is 5.38. The van der Waals surface area contributed by atoms with E-state index in [1.54, 1.807) is 6.07 Å². The topological polar surface area (TPSA) is 36.7 Å². The average Bonchev–Trinajstić information content (AvgIpc) is 2.56. The number of benzene rings is 1. The standard InChI is InChI=1S/C20H27ClN2O2/c1-13(2)23-7-5-16(6-8-23)22(4)12-15-10-20(24)25-19-9-14(3)18(21)11-17(15)19/h9-11,13,16H,5-8,12H2,1-4H3. The van der Waals surface area contributed by atoms with Crippen molar-refractivity contribution >= 4 is 22.6 Å². The van der Waals surface area contributed by atoms with E-state index in [9.17, 15) is 4.79 Å². The van der Waals surface area contributed by atoms with E-state index in [0.717, 1.165) is 49.0 Å².